The summed E-state index contributed by atoms with van der Waals surface area (Å²) in [7, 11) is 1.63. The Morgan fingerprint density at radius 1 is 1.11 bits per heavy atom. The van der Waals surface area contributed by atoms with Crippen LogP contribution in [0.2, 0.25) is 0 Å². The number of morpholine rings is 1. The molecular weight excluding hydrogens is 498 g/mol. The van der Waals surface area contributed by atoms with E-state index in [9.17, 15) is 9.90 Å². The lowest BCUT2D eigenvalue weighted by atomic mass is 9.48. The van der Waals surface area contributed by atoms with Crippen molar-refractivity contribution in [3.05, 3.63) is 46.5 Å². The van der Waals surface area contributed by atoms with Crippen LogP contribution in [0.3, 0.4) is 0 Å². The summed E-state index contributed by atoms with van der Waals surface area (Å²) >= 11 is 1.41. The summed E-state index contributed by atoms with van der Waals surface area (Å²) in [5.41, 5.74) is 3.82. The molecule has 0 spiro atoms. The number of methoxy groups -OCH3 is 1. The number of pyridine rings is 1. The van der Waals surface area contributed by atoms with Gasteiger partial charge in [0.1, 0.15) is 5.75 Å². The number of amidine groups is 1. The van der Waals surface area contributed by atoms with E-state index in [-0.39, 0.29) is 11.3 Å². The largest absolute Gasteiger partial charge is 0.508 e. The number of thioether (sulfide) groups is 1. The minimum Gasteiger partial charge on any atom is -0.508 e. The van der Waals surface area contributed by atoms with Crippen molar-refractivity contribution in [2.45, 2.75) is 43.9 Å². The van der Waals surface area contributed by atoms with Gasteiger partial charge in [-0.05, 0) is 109 Å². The fraction of sp³-hybridized carbons (Fsp3) is 0.500. The summed E-state index contributed by atoms with van der Waals surface area (Å²) < 4.78 is 11.1. The number of nitrogens with zero attached hydrogens (tertiary/aromatic N) is 3. The molecule has 6 aliphatic rings. The van der Waals surface area contributed by atoms with Crippen LogP contribution in [-0.4, -0.2) is 59.5 Å². The van der Waals surface area contributed by atoms with E-state index in [0.29, 0.717) is 29.7 Å². The monoisotopic (exact) mass is 531 g/mol. The second-order valence-corrected chi connectivity index (χ2v) is 12.7. The first-order chi connectivity index (χ1) is 18.5. The second-order valence-electron chi connectivity index (χ2n) is 11.7. The molecule has 2 aromatic rings. The molecule has 0 atom stereocenters. The summed E-state index contributed by atoms with van der Waals surface area (Å²) in [5, 5.41) is 11.8. The number of rotatable bonds is 4. The molecule has 8 heteroatoms. The molecule has 0 unspecified atom stereocenters. The number of aromatic nitrogens is 1. The number of amides is 1. The predicted octanol–water partition coefficient (Wildman–Crippen LogP) is 5.23. The van der Waals surface area contributed by atoms with E-state index in [1.807, 2.05) is 24.3 Å². The van der Waals surface area contributed by atoms with Crippen molar-refractivity contribution < 1.29 is 19.4 Å². The van der Waals surface area contributed by atoms with Gasteiger partial charge in [-0.1, -0.05) is 6.07 Å². The number of ether oxygens (including phenoxy) is 2. The fourth-order valence-corrected chi connectivity index (χ4v) is 8.89. The highest BCUT2D eigenvalue weighted by Crippen LogP contribution is 2.62. The molecule has 2 aliphatic heterocycles. The Morgan fingerprint density at radius 3 is 2.50 bits per heavy atom. The van der Waals surface area contributed by atoms with Crippen LogP contribution in [0.4, 0.5) is 0 Å². The molecule has 1 aromatic carbocycles. The van der Waals surface area contributed by atoms with Gasteiger partial charge in [0.25, 0.3) is 5.91 Å². The number of carbonyl (C=O) groups is 1. The third-order valence-corrected chi connectivity index (χ3v) is 10.2. The van der Waals surface area contributed by atoms with Crippen molar-refractivity contribution in [3.8, 4) is 22.8 Å². The van der Waals surface area contributed by atoms with Crippen molar-refractivity contribution in [1.29, 1.82) is 0 Å². The van der Waals surface area contributed by atoms with Gasteiger partial charge in [-0.2, -0.15) is 4.99 Å². The van der Waals surface area contributed by atoms with E-state index >= 15 is 0 Å². The third-order valence-electron chi connectivity index (χ3n) is 9.17. The maximum atomic E-state index is 12.7. The molecule has 1 saturated heterocycles. The molecule has 1 N–H and O–H groups in total. The van der Waals surface area contributed by atoms with Gasteiger partial charge in [-0.3, -0.25) is 4.79 Å². The highest BCUT2D eigenvalue weighted by Gasteiger charge is 2.52. The number of aromatic hydroxyl groups is 1. The van der Waals surface area contributed by atoms with Crippen LogP contribution in [-0.2, 0) is 14.9 Å². The summed E-state index contributed by atoms with van der Waals surface area (Å²) in [6, 6.07) is 7.99. The van der Waals surface area contributed by atoms with Gasteiger partial charge in [0.05, 0.1) is 25.2 Å². The molecule has 3 heterocycles. The molecule has 8 rings (SSSR count). The van der Waals surface area contributed by atoms with Gasteiger partial charge in [-0.25, -0.2) is 4.98 Å². The molecule has 38 heavy (non-hydrogen) atoms. The van der Waals surface area contributed by atoms with Crippen molar-refractivity contribution >= 4 is 28.9 Å². The average molecular weight is 532 g/mol. The quantitative estimate of drug-likeness (QED) is 0.541. The highest BCUT2D eigenvalue weighted by atomic mass is 32.2. The van der Waals surface area contributed by atoms with Crippen molar-refractivity contribution in [2.75, 3.05) is 33.4 Å². The van der Waals surface area contributed by atoms with Crippen LogP contribution >= 0.6 is 11.8 Å². The number of benzene rings is 1. The number of hydrogen-bond acceptors (Lipinski definition) is 7. The molecule has 4 aliphatic carbocycles. The topological polar surface area (TPSA) is 84.3 Å². The SMILES string of the molecule is COc1ncc(C=C2SC(N3CCOCC3)=NC2=O)cc1-c1ccc(O)c(C23CC4CC(CC(C4)C2)C3)c1. The molecule has 1 aromatic heterocycles. The van der Waals surface area contributed by atoms with Gasteiger partial charge in [-0.15, -0.1) is 0 Å². The Kier molecular flexibility index (Phi) is 6.00. The minimum atomic E-state index is -0.220. The summed E-state index contributed by atoms with van der Waals surface area (Å²) in [5.74, 6) is 3.10. The lowest BCUT2D eigenvalue weighted by Crippen LogP contribution is -2.48. The first-order valence-corrected chi connectivity index (χ1v) is 14.5. The fourth-order valence-electron chi connectivity index (χ4n) is 7.92. The number of aliphatic imine (C=N–C) groups is 1. The van der Waals surface area contributed by atoms with E-state index in [1.165, 1.54) is 50.3 Å². The highest BCUT2D eigenvalue weighted by molar-refractivity contribution is 8.18. The van der Waals surface area contributed by atoms with Crippen molar-refractivity contribution in [3.63, 3.8) is 0 Å². The first-order valence-electron chi connectivity index (χ1n) is 13.7. The number of hydrogen-bond donors (Lipinski definition) is 1. The summed E-state index contributed by atoms with van der Waals surface area (Å²) in [4.78, 5) is 24.2. The zero-order valence-corrected chi connectivity index (χ0v) is 22.5. The molecule has 4 bridgehead atoms. The molecule has 5 fully saturated rings. The Morgan fingerprint density at radius 2 is 1.82 bits per heavy atom. The smallest absolute Gasteiger partial charge is 0.286 e. The van der Waals surface area contributed by atoms with Gasteiger partial charge < -0.3 is 19.5 Å². The van der Waals surface area contributed by atoms with Crippen molar-refractivity contribution in [2.24, 2.45) is 22.7 Å². The standard InChI is InChI=1S/C30H33N3O4S/c1-36-28-23(11-21(17-31-28)12-26-27(35)32-29(38-26)33-4-6-37-7-5-33)22-2-3-25(34)24(13-22)30-14-18-8-19(15-30)10-20(9-18)16-30/h2-3,11-13,17-20,34H,4-10,14-16H2,1H3. The van der Waals surface area contributed by atoms with Crippen LogP contribution in [0, 0.1) is 17.8 Å². The summed E-state index contributed by atoms with van der Waals surface area (Å²) in [6.45, 7) is 2.79. The summed E-state index contributed by atoms with van der Waals surface area (Å²) in [6.07, 6.45) is 11.2. The van der Waals surface area contributed by atoms with Gasteiger partial charge >= 0.3 is 0 Å². The number of phenols is 1. The maximum Gasteiger partial charge on any atom is 0.286 e. The van der Waals surface area contributed by atoms with Gasteiger partial charge in [0.2, 0.25) is 5.88 Å². The lowest BCUT2D eigenvalue weighted by Gasteiger charge is -2.57. The second kappa shape index (κ2) is 9.42. The first kappa shape index (κ1) is 24.2. The van der Waals surface area contributed by atoms with E-state index < -0.39 is 0 Å². The number of phenolic OH excluding ortho intramolecular Hbond substituents is 1. The molecule has 0 radical (unpaired) electrons. The maximum absolute atomic E-state index is 12.7. The zero-order valence-electron chi connectivity index (χ0n) is 21.7. The van der Waals surface area contributed by atoms with Crippen LogP contribution in [0.15, 0.2) is 40.4 Å². The molecular formula is C30H33N3O4S. The Balaban J connectivity index is 1.21. The average Bonchev–Trinajstić information content (AvgIpc) is 3.28. The molecule has 1 amide bonds. The minimum absolute atomic E-state index is 0.0786. The van der Waals surface area contributed by atoms with E-state index in [0.717, 1.165) is 58.3 Å². The van der Waals surface area contributed by atoms with Crippen LogP contribution < -0.4 is 4.74 Å². The van der Waals surface area contributed by atoms with Gasteiger partial charge in [0.15, 0.2) is 5.17 Å². The Labute approximate surface area is 227 Å². The molecule has 7 nitrogen and oxygen atoms in total. The van der Waals surface area contributed by atoms with Crippen LogP contribution in [0.25, 0.3) is 17.2 Å². The number of carbonyl (C=O) groups excluding carboxylic acids is 1. The normalized spacial score (nSPS) is 31.2. The molecule has 4 saturated carbocycles. The van der Waals surface area contributed by atoms with Crippen LogP contribution in [0.5, 0.6) is 11.6 Å². The van der Waals surface area contributed by atoms with Crippen LogP contribution in [0.1, 0.15) is 49.7 Å². The van der Waals surface area contributed by atoms with Gasteiger partial charge in [0, 0.05) is 30.4 Å². The Bertz CT molecular complexity index is 1310. The van der Waals surface area contributed by atoms with E-state index in [2.05, 4.69) is 20.9 Å². The molecule has 198 valence electrons. The third kappa shape index (κ3) is 4.22. The van der Waals surface area contributed by atoms with Crippen molar-refractivity contribution in [1.82, 2.24) is 9.88 Å². The van der Waals surface area contributed by atoms with E-state index in [4.69, 9.17) is 9.47 Å². The lowest BCUT2D eigenvalue weighted by molar-refractivity contribution is -0.113. The van der Waals surface area contributed by atoms with E-state index in [1.54, 1.807) is 13.3 Å². The zero-order chi connectivity index (χ0) is 25.9. The predicted molar refractivity (Wildman–Crippen MR) is 148 cm³/mol. The Hall–Kier alpha value is -2.84.